The normalized spacial score (nSPS) is 19.1. The minimum absolute atomic E-state index is 0.0757. The molecule has 0 bridgehead atoms. The molecule has 1 amide bonds. The van der Waals surface area contributed by atoms with Crippen molar-refractivity contribution in [3.05, 3.63) is 69.0 Å². The van der Waals surface area contributed by atoms with Gasteiger partial charge in [-0.25, -0.2) is 13.9 Å². The van der Waals surface area contributed by atoms with Gasteiger partial charge in [0.05, 0.1) is 24.0 Å². The molecule has 1 N–H and O–H groups in total. The topological polar surface area (TPSA) is 73.7 Å². The number of H-pyrrole nitrogens is 1. The Kier molecular flexibility index (Phi) is 5.33. The second-order valence-electron chi connectivity index (χ2n) is 9.13. The number of hydrogen-bond donors (Lipinski definition) is 1. The van der Waals surface area contributed by atoms with E-state index in [2.05, 4.69) is 10.00 Å². The van der Waals surface area contributed by atoms with Gasteiger partial charge in [0.25, 0.3) is 5.56 Å². The minimum atomic E-state index is -0.194. The van der Waals surface area contributed by atoms with Crippen molar-refractivity contribution in [3.8, 4) is 0 Å². The number of nitrogens with zero attached hydrogens (tertiary/aromatic N) is 4. The van der Waals surface area contributed by atoms with Crippen LogP contribution in [0.25, 0.3) is 5.65 Å². The molecule has 5 rings (SSSR count). The zero-order valence-electron chi connectivity index (χ0n) is 18.5. The van der Waals surface area contributed by atoms with E-state index < -0.39 is 0 Å². The van der Waals surface area contributed by atoms with Crippen molar-refractivity contribution in [2.24, 2.45) is 5.92 Å². The fraction of sp³-hybridized carbons (Fsp3) is 0.458. The van der Waals surface area contributed by atoms with E-state index in [-0.39, 0.29) is 29.2 Å². The summed E-state index contributed by atoms with van der Waals surface area (Å²) in [6.45, 7) is 6.09. The number of aromatic nitrogens is 3. The Labute approximate surface area is 185 Å². The molecule has 2 aliphatic rings. The van der Waals surface area contributed by atoms with Crippen LogP contribution in [0.4, 0.5) is 4.39 Å². The number of hydrogen-bond acceptors (Lipinski definition) is 4. The summed E-state index contributed by atoms with van der Waals surface area (Å²) >= 11 is 0. The number of benzene rings is 1. The SMILES string of the molecule is CC(C)C(=O)N1CCc2c(nc3cc(C4CCCN4Cc4ccccc4F)[nH]n3c2=O)C1. The summed E-state index contributed by atoms with van der Waals surface area (Å²) in [5, 5.41) is 3.26. The maximum Gasteiger partial charge on any atom is 0.276 e. The van der Waals surface area contributed by atoms with Crippen molar-refractivity contribution in [3.63, 3.8) is 0 Å². The van der Waals surface area contributed by atoms with Gasteiger partial charge in [0, 0.05) is 36.2 Å². The summed E-state index contributed by atoms with van der Waals surface area (Å²) in [5.74, 6) is -0.189. The van der Waals surface area contributed by atoms with Crippen molar-refractivity contribution in [1.82, 2.24) is 24.4 Å². The van der Waals surface area contributed by atoms with Gasteiger partial charge in [0.2, 0.25) is 5.91 Å². The number of aromatic amines is 1. The standard InChI is InChI=1S/C24H28FN5O2/c1-15(2)23(31)29-11-9-17-20(14-29)26-22-12-19(27-30(22)24(17)32)21-8-5-10-28(21)13-16-6-3-4-7-18(16)25/h3-4,6-7,12,15,21,27H,5,8-11,13-14H2,1-2H3. The molecular formula is C24H28FN5O2. The van der Waals surface area contributed by atoms with E-state index in [0.717, 1.165) is 25.1 Å². The van der Waals surface area contributed by atoms with Gasteiger partial charge in [0.15, 0.2) is 5.65 Å². The lowest BCUT2D eigenvalue weighted by molar-refractivity contribution is -0.135. The fourth-order valence-corrected chi connectivity index (χ4v) is 4.95. The number of likely N-dealkylation sites (tertiary alicyclic amines) is 1. The van der Waals surface area contributed by atoms with Gasteiger partial charge in [-0.2, -0.15) is 0 Å². The number of fused-ring (bicyclic) bond motifs is 2. The van der Waals surface area contributed by atoms with Gasteiger partial charge >= 0.3 is 0 Å². The summed E-state index contributed by atoms with van der Waals surface area (Å²) < 4.78 is 15.7. The number of halogens is 1. The lowest BCUT2D eigenvalue weighted by Crippen LogP contribution is -2.41. The Morgan fingerprint density at radius 1 is 1.28 bits per heavy atom. The molecule has 7 nitrogen and oxygen atoms in total. The number of nitrogens with one attached hydrogen (secondary N) is 1. The lowest BCUT2D eigenvalue weighted by atomic mass is 10.0. The molecule has 2 aliphatic heterocycles. The first-order chi connectivity index (χ1) is 15.4. The van der Waals surface area contributed by atoms with Crippen LogP contribution < -0.4 is 5.56 Å². The maximum atomic E-state index is 14.2. The molecule has 1 aromatic carbocycles. The highest BCUT2D eigenvalue weighted by Crippen LogP contribution is 2.33. The monoisotopic (exact) mass is 437 g/mol. The molecule has 1 fully saturated rings. The average Bonchev–Trinajstić information content (AvgIpc) is 3.41. The first-order valence-electron chi connectivity index (χ1n) is 11.3. The van der Waals surface area contributed by atoms with Crippen LogP contribution in [0.3, 0.4) is 0 Å². The molecule has 0 saturated carbocycles. The van der Waals surface area contributed by atoms with E-state index in [4.69, 9.17) is 4.98 Å². The van der Waals surface area contributed by atoms with Gasteiger partial charge in [-0.15, -0.1) is 0 Å². The fourth-order valence-electron chi connectivity index (χ4n) is 4.95. The second-order valence-corrected chi connectivity index (χ2v) is 9.13. The van der Waals surface area contributed by atoms with Gasteiger partial charge in [-0.3, -0.25) is 19.6 Å². The van der Waals surface area contributed by atoms with E-state index in [9.17, 15) is 14.0 Å². The van der Waals surface area contributed by atoms with Crippen LogP contribution in [-0.4, -0.2) is 43.4 Å². The van der Waals surface area contributed by atoms with Crippen LogP contribution in [0.15, 0.2) is 35.1 Å². The summed E-state index contributed by atoms with van der Waals surface area (Å²) in [5.41, 5.74) is 3.44. The van der Waals surface area contributed by atoms with Crippen molar-refractivity contribution in [1.29, 1.82) is 0 Å². The molecule has 0 radical (unpaired) electrons. The zero-order valence-corrected chi connectivity index (χ0v) is 18.5. The Bertz CT molecular complexity index is 1230. The van der Waals surface area contributed by atoms with Crippen LogP contribution in [0, 0.1) is 11.7 Å². The molecule has 2 aromatic heterocycles. The molecule has 168 valence electrons. The van der Waals surface area contributed by atoms with Crippen molar-refractivity contribution < 1.29 is 9.18 Å². The van der Waals surface area contributed by atoms with Crippen LogP contribution in [0.5, 0.6) is 0 Å². The second kappa shape index (κ2) is 8.16. The van der Waals surface area contributed by atoms with E-state index in [1.165, 1.54) is 10.6 Å². The molecule has 8 heteroatoms. The highest BCUT2D eigenvalue weighted by molar-refractivity contribution is 5.78. The summed E-state index contributed by atoms with van der Waals surface area (Å²) in [6, 6.07) is 8.87. The molecule has 0 spiro atoms. The van der Waals surface area contributed by atoms with Crippen molar-refractivity contribution >= 4 is 11.6 Å². The predicted molar refractivity (Wildman–Crippen MR) is 119 cm³/mol. The lowest BCUT2D eigenvalue weighted by Gasteiger charge is -2.29. The third-order valence-corrected chi connectivity index (χ3v) is 6.65. The van der Waals surface area contributed by atoms with Crippen LogP contribution in [-0.2, 0) is 24.3 Å². The highest BCUT2D eigenvalue weighted by Gasteiger charge is 2.30. The van der Waals surface area contributed by atoms with E-state index in [1.807, 2.05) is 32.0 Å². The Hall–Kier alpha value is -3.00. The van der Waals surface area contributed by atoms with Crippen LogP contribution in [0.1, 0.15) is 55.2 Å². The van der Waals surface area contributed by atoms with E-state index in [1.54, 1.807) is 11.0 Å². The van der Waals surface area contributed by atoms with Crippen molar-refractivity contribution in [2.45, 2.75) is 52.2 Å². The Morgan fingerprint density at radius 2 is 2.09 bits per heavy atom. The third-order valence-electron chi connectivity index (χ3n) is 6.65. The smallest absolute Gasteiger partial charge is 0.276 e. The highest BCUT2D eigenvalue weighted by atomic mass is 19.1. The van der Waals surface area contributed by atoms with Crippen molar-refractivity contribution in [2.75, 3.05) is 13.1 Å². The minimum Gasteiger partial charge on any atom is -0.336 e. The largest absolute Gasteiger partial charge is 0.336 e. The van der Waals surface area contributed by atoms with Crippen LogP contribution >= 0.6 is 0 Å². The van der Waals surface area contributed by atoms with Gasteiger partial charge in [-0.05, 0) is 31.9 Å². The quantitative estimate of drug-likeness (QED) is 0.681. The summed E-state index contributed by atoms with van der Waals surface area (Å²) in [4.78, 5) is 34.4. The van der Waals surface area contributed by atoms with Gasteiger partial charge < -0.3 is 4.90 Å². The predicted octanol–water partition coefficient (Wildman–Crippen LogP) is 3.04. The zero-order chi connectivity index (χ0) is 22.4. The number of amides is 1. The molecule has 1 saturated heterocycles. The number of carbonyl (C=O) groups excluding carboxylic acids is 1. The molecular weight excluding hydrogens is 409 g/mol. The Balaban J connectivity index is 1.45. The van der Waals surface area contributed by atoms with Crippen LogP contribution in [0.2, 0.25) is 0 Å². The molecule has 32 heavy (non-hydrogen) atoms. The molecule has 1 unspecified atom stereocenters. The van der Waals surface area contributed by atoms with E-state index >= 15 is 0 Å². The van der Waals surface area contributed by atoms with Gasteiger partial charge in [-0.1, -0.05) is 32.0 Å². The maximum absolute atomic E-state index is 14.2. The molecule has 3 aromatic rings. The molecule has 4 heterocycles. The Morgan fingerprint density at radius 3 is 2.88 bits per heavy atom. The summed E-state index contributed by atoms with van der Waals surface area (Å²) in [7, 11) is 0. The summed E-state index contributed by atoms with van der Waals surface area (Å²) in [6.07, 6.45) is 2.46. The molecule has 1 atom stereocenters. The average molecular weight is 438 g/mol. The van der Waals surface area contributed by atoms with E-state index in [0.29, 0.717) is 48.5 Å². The third kappa shape index (κ3) is 3.62. The van der Waals surface area contributed by atoms with Gasteiger partial charge in [0.1, 0.15) is 5.82 Å². The molecule has 0 aliphatic carbocycles. The number of rotatable bonds is 4. The number of carbonyl (C=O) groups is 1. The first-order valence-corrected chi connectivity index (χ1v) is 11.3. The first kappa shape index (κ1) is 20.9.